The summed E-state index contributed by atoms with van der Waals surface area (Å²) in [6.07, 6.45) is 4.23. The maximum Gasteiger partial charge on any atom is 0.341 e. The SMILES string of the molecule is CCOC(=O)c1cc2c(nc1Cl)CCCC2. The normalized spacial score (nSPS) is 14.4. The lowest BCUT2D eigenvalue weighted by Crippen LogP contribution is -2.12. The quantitative estimate of drug-likeness (QED) is 0.589. The molecule has 0 saturated carbocycles. The number of rotatable bonds is 2. The number of hydrogen-bond acceptors (Lipinski definition) is 3. The van der Waals surface area contributed by atoms with Gasteiger partial charge in [-0.25, -0.2) is 9.78 Å². The van der Waals surface area contributed by atoms with Crippen molar-refractivity contribution in [1.82, 2.24) is 4.98 Å². The molecule has 4 heteroatoms. The molecule has 0 amide bonds. The Morgan fingerprint density at radius 2 is 2.25 bits per heavy atom. The van der Waals surface area contributed by atoms with Gasteiger partial charge >= 0.3 is 5.97 Å². The second-order valence-electron chi connectivity index (χ2n) is 3.86. The number of fused-ring (bicyclic) bond motifs is 1. The molecular formula is C12H14ClNO2. The van der Waals surface area contributed by atoms with Gasteiger partial charge in [0, 0.05) is 5.69 Å². The van der Waals surface area contributed by atoms with Gasteiger partial charge < -0.3 is 4.74 Å². The Morgan fingerprint density at radius 1 is 1.50 bits per heavy atom. The van der Waals surface area contributed by atoms with E-state index in [-0.39, 0.29) is 11.1 Å². The molecule has 1 aliphatic carbocycles. The number of aryl methyl sites for hydroxylation is 2. The predicted molar refractivity (Wildman–Crippen MR) is 61.8 cm³/mol. The largest absolute Gasteiger partial charge is 0.462 e. The molecule has 1 heterocycles. The number of pyridine rings is 1. The Bertz CT molecular complexity index is 418. The van der Waals surface area contributed by atoms with E-state index in [0.29, 0.717) is 12.2 Å². The number of carbonyl (C=O) groups is 1. The van der Waals surface area contributed by atoms with Gasteiger partial charge in [-0.2, -0.15) is 0 Å². The fourth-order valence-electron chi connectivity index (χ4n) is 1.96. The molecule has 0 aromatic carbocycles. The summed E-state index contributed by atoms with van der Waals surface area (Å²) in [5, 5.41) is 0.263. The molecule has 16 heavy (non-hydrogen) atoms. The van der Waals surface area contributed by atoms with Crippen LogP contribution in [0.3, 0.4) is 0 Å². The molecule has 86 valence electrons. The third kappa shape index (κ3) is 2.19. The minimum atomic E-state index is -0.381. The Kier molecular flexibility index (Phi) is 3.44. The Hall–Kier alpha value is -1.09. The molecule has 0 unspecified atom stereocenters. The maximum absolute atomic E-state index is 11.6. The minimum Gasteiger partial charge on any atom is -0.462 e. The van der Waals surface area contributed by atoms with Gasteiger partial charge in [-0.05, 0) is 44.2 Å². The fourth-order valence-corrected chi connectivity index (χ4v) is 2.19. The average molecular weight is 240 g/mol. The van der Waals surface area contributed by atoms with Crippen molar-refractivity contribution < 1.29 is 9.53 Å². The summed E-state index contributed by atoms with van der Waals surface area (Å²) in [7, 11) is 0. The van der Waals surface area contributed by atoms with Gasteiger partial charge in [0.2, 0.25) is 0 Å². The highest BCUT2D eigenvalue weighted by Crippen LogP contribution is 2.25. The average Bonchev–Trinajstić information content (AvgIpc) is 2.28. The van der Waals surface area contributed by atoms with E-state index < -0.39 is 0 Å². The van der Waals surface area contributed by atoms with E-state index in [1.165, 1.54) is 0 Å². The highest BCUT2D eigenvalue weighted by Gasteiger charge is 2.18. The topological polar surface area (TPSA) is 39.2 Å². The highest BCUT2D eigenvalue weighted by molar-refractivity contribution is 6.32. The molecule has 0 fully saturated rings. The third-order valence-corrected chi connectivity index (χ3v) is 3.04. The second-order valence-corrected chi connectivity index (χ2v) is 4.22. The van der Waals surface area contributed by atoms with Crippen molar-refractivity contribution in [3.8, 4) is 0 Å². The molecule has 1 aromatic heterocycles. The van der Waals surface area contributed by atoms with Crippen LogP contribution in [0.4, 0.5) is 0 Å². The Labute approximate surface area is 99.8 Å². The van der Waals surface area contributed by atoms with Crippen LogP contribution in [0.2, 0.25) is 5.15 Å². The fraction of sp³-hybridized carbons (Fsp3) is 0.500. The summed E-state index contributed by atoms with van der Waals surface area (Å²) in [5.41, 5.74) is 2.56. The van der Waals surface area contributed by atoms with Crippen molar-refractivity contribution in [3.05, 3.63) is 28.0 Å². The summed E-state index contributed by atoms with van der Waals surface area (Å²) in [5.74, 6) is -0.381. The van der Waals surface area contributed by atoms with E-state index in [1.807, 2.05) is 6.07 Å². The summed E-state index contributed by atoms with van der Waals surface area (Å²) in [6.45, 7) is 2.13. The monoisotopic (exact) mass is 239 g/mol. The first-order chi connectivity index (χ1) is 7.72. The first-order valence-corrected chi connectivity index (χ1v) is 5.95. The number of carbonyl (C=O) groups excluding carboxylic acids is 1. The highest BCUT2D eigenvalue weighted by atomic mass is 35.5. The van der Waals surface area contributed by atoms with Crippen LogP contribution in [0.5, 0.6) is 0 Å². The second kappa shape index (κ2) is 4.83. The zero-order valence-corrected chi connectivity index (χ0v) is 10.0. The number of halogens is 1. The molecule has 0 radical (unpaired) electrons. The standard InChI is InChI=1S/C12H14ClNO2/c1-2-16-12(15)9-7-8-5-3-4-6-10(8)14-11(9)13/h7H,2-6H2,1H3. The van der Waals surface area contributed by atoms with Crippen LogP contribution in [0.15, 0.2) is 6.07 Å². The van der Waals surface area contributed by atoms with Crippen LogP contribution in [-0.2, 0) is 17.6 Å². The third-order valence-electron chi connectivity index (χ3n) is 2.75. The predicted octanol–water partition coefficient (Wildman–Crippen LogP) is 2.79. The van der Waals surface area contributed by atoms with Crippen molar-refractivity contribution in [1.29, 1.82) is 0 Å². The molecule has 3 nitrogen and oxygen atoms in total. The maximum atomic E-state index is 11.6. The number of nitrogens with zero attached hydrogens (tertiary/aromatic N) is 1. The van der Waals surface area contributed by atoms with Crippen LogP contribution >= 0.6 is 11.6 Å². The van der Waals surface area contributed by atoms with Gasteiger partial charge in [-0.1, -0.05) is 11.6 Å². The molecule has 0 aliphatic heterocycles. The zero-order chi connectivity index (χ0) is 11.5. The first-order valence-electron chi connectivity index (χ1n) is 5.57. The van der Waals surface area contributed by atoms with Gasteiger partial charge in [-0.3, -0.25) is 0 Å². The van der Waals surface area contributed by atoms with Gasteiger partial charge in [0.05, 0.1) is 12.2 Å². The summed E-state index contributed by atoms with van der Waals surface area (Å²) >= 11 is 5.98. The van der Waals surface area contributed by atoms with Gasteiger partial charge in [0.1, 0.15) is 5.15 Å². The van der Waals surface area contributed by atoms with E-state index in [9.17, 15) is 4.79 Å². The number of ether oxygens (including phenoxy) is 1. The summed E-state index contributed by atoms with van der Waals surface area (Å²) in [4.78, 5) is 15.9. The van der Waals surface area contributed by atoms with E-state index in [2.05, 4.69) is 4.98 Å². The van der Waals surface area contributed by atoms with E-state index in [0.717, 1.165) is 36.9 Å². The smallest absolute Gasteiger partial charge is 0.341 e. The zero-order valence-electron chi connectivity index (χ0n) is 9.25. The van der Waals surface area contributed by atoms with Crippen molar-refractivity contribution in [3.63, 3.8) is 0 Å². The number of esters is 1. The molecule has 1 aromatic rings. The van der Waals surface area contributed by atoms with E-state index in [1.54, 1.807) is 6.92 Å². The molecular weight excluding hydrogens is 226 g/mol. The van der Waals surface area contributed by atoms with Crippen LogP contribution in [0.25, 0.3) is 0 Å². The first kappa shape index (κ1) is 11.4. The van der Waals surface area contributed by atoms with E-state index >= 15 is 0 Å². The van der Waals surface area contributed by atoms with Gasteiger partial charge in [0.25, 0.3) is 0 Å². The summed E-state index contributed by atoms with van der Waals surface area (Å²) < 4.78 is 4.94. The number of hydrogen-bond donors (Lipinski definition) is 0. The molecule has 0 bridgehead atoms. The minimum absolute atomic E-state index is 0.263. The van der Waals surface area contributed by atoms with Crippen LogP contribution < -0.4 is 0 Å². The molecule has 1 aliphatic rings. The Morgan fingerprint density at radius 3 is 3.00 bits per heavy atom. The molecule has 0 atom stereocenters. The lowest BCUT2D eigenvalue weighted by Gasteiger charge is -2.16. The lowest BCUT2D eigenvalue weighted by molar-refractivity contribution is 0.0526. The van der Waals surface area contributed by atoms with Crippen molar-refractivity contribution >= 4 is 17.6 Å². The number of aromatic nitrogens is 1. The van der Waals surface area contributed by atoms with Crippen molar-refractivity contribution in [2.24, 2.45) is 0 Å². The molecule has 0 N–H and O–H groups in total. The van der Waals surface area contributed by atoms with Crippen LogP contribution in [-0.4, -0.2) is 17.6 Å². The van der Waals surface area contributed by atoms with Gasteiger partial charge in [0.15, 0.2) is 0 Å². The molecule has 2 rings (SSSR count). The summed E-state index contributed by atoms with van der Waals surface area (Å²) in [6, 6.07) is 1.84. The molecule has 0 saturated heterocycles. The van der Waals surface area contributed by atoms with Crippen molar-refractivity contribution in [2.45, 2.75) is 32.6 Å². The van der Waals surface area contributed by atoms with E-state index in [4.69, 9.17) is 16.3 Å². The Balaban J connectivity index is 2.35. The van der Waals surface area contributed by atoms with Gasteiger partial charge in [-0.15, -0.1) is 0 Å². The molecule has 0 spiro atoms. The van der Waals surface area contributed by atoms with Crippen molar-refractivity contribution in [2.75, 3.05) is 6.61 Å². The van der Waals surface area contributed by atoms with Crippen LogP contribution in [0.1, 0.15) is 41.4 Å². The van der Waals surface area contributed by atoms with Crippen LogP contribution in [0, 0.1) is 0 Å². The lowest BCUT2D eigenvalue weighted by atomic mass is 9.95.